The summed E-state index contributed by atoms with van der Waals surface area (Å²) in [5.74, 6) is 1.34. The molecule has 0 amide bonds. The molecule has 24 heavy (non-hydrogen) atoms. The molecule has 0 spiro atoms. The molecule has 1 aromatic carbocycles. The fraction of sp³-hybridized carbons (Fsp3) is 0.579. The average Bonchev–Trinajstić information content (AvgIpc) is 2.63. The van der Waals surface area contributed by atoms with Gasteiger partial charge in [-0.15, -0.1) is 0 Å². The van der Waals surface area contributed by atoms with Crippen LogP contribution in [0.2, 0.25) is 0 Å². The molecule has 0 bridgehead atoms. The molecule has 3 rings (SSSR count). The summed E-state index contributed by atoms with van der Waals surface area (Å²) in [5.41, 5.74) is 8.57. The van der Waals surface area contributed by atoms with Crippen molar-refractivity contribution < 1.29 is 0 Å². The summed E-state index contributed by atoms with van der Waals surface area (Å²) in [4.78, 5) is 6.91. The van der Waals surface area contributed by atoms with Crippen LogP contribution in [0, 0.1) is 6.92 Å². The third-order valence-corrected chi connectivity index (χ3v) is 4.78. The van der Waals surface area contributed by atoms with Gasteiger partial charge < -0.3 is 10.6 Å². The highest BCUT2D eigenvalue weighted by Gasteiger charge is 2.15. The predicted octanol–water partition coefficient (Wildman–Crippen LogP) is 2.94. The number of aliphatic imine (C=N–C) groups is 1. The van der Waals surface area contributed by atoms with Crippen LogP contribution < -0.4 is 5.73 Å². The van der Waals surface area contributed by atoms with Gasteiger partial charge in [0.2, 0.25) is 0 Å². The van der Waals surface area contributed by atoms with Crippen molar-refractivity contribution in [3.8, 4) is 0 Å². The average molecular weight is 327 g/mol. The summed E-state index contributed by atoms with van der Waals surface area (Å²) >= 11 is 0. The molecule has 2 aliphatic heterocycles. The lowest BCUT2D eigenvalue weighted by molar-refractivity contribution is 0.239. The first-order valence-corrected chi connectivity index (χ1v) is 9.22. The van der Waals surface area contributed by atoms with E-state index in [0.29, 0.717) is 5.96 Å². The Morgan fingerprint density at radius 2 is 1.46 bits per heavy atom. The molecule has 2 saturated heterocycles. The van der Waals surface area contributed by atoms with Crippen molar-refractivity contribution >= 4 is 11.8 Å². The number of piperidine rings is 2. The lowest BCUT2D eigenvalue weighted by Crippen LogP contribution is -2.41. The van der Waals surface area contributed by atoms with Crippen LogP contribution in [0.1, 0.15) is 49.7 Å². The first-order valence-electron chi connectivity index (χ1n) is 9.22. The second-order valence-electron chi connectivity index (χ2n) is 6.82. The van der Waals surface area contributed by atoms with Gasteiger partial charge in [0.1, 0.15) is 0 Å². The van der Waals surface area contributed by atoms with E-state index in [0.717, 1.165) is 37.6 Å². The van der Waals surface area contributed by atoms with E-state index in [1.54, 1.807) is 0 Å². The van der Waals surface area contributed by atoms with E-state index in [-0.39, 0.29) is 0 Å². The van der Waals surface area contributed by atoms with E-state index in [2.05, 4.69) is 41.1 Å². The molecule has 0 atom stereocenters. The highest BCUT2D eigenvalue weighted by molar-refractivity contribution is 6.05. The topological polar surface area (TPSA) is 57.2 Å². The van der Waals surface area contributed by atoms with Crippen LogP contribution in [0.4, 0.5) is 0 Å². The smallest absolute Gasteiger partial charge is 0.198 e. The highest BCUT2D eigenvalue weighted by Crippen LogP contribution is 2.13. The van der Waals surface area contributed by atoms with Crippen molar-refractivity contribution in [3.05, 3.63) is 35.4 Å². The summed E-state index contributed by atoms with van der Waals surface area (Å²) in [6.07, 6.45) is 7.38. The van der Waals surface area contributed by atoms with Crippen LogP contribution in [0.3, 0.4) is 0 Å². The van der Waals surface area contributed by atoms with Gasteiger partial charge in [0, 0.05) is 31.7 Å². The largest absolute Gasteiger partial charge is 0.369 e. The van der Waals surface area contributed by atoms with Crippen LogP contribution in [-0.2, 0) is 0 Å². The molecule has 2 fully saturated rings. The van der Waals surface area contributed by atoms with Gasteiger partial charge in [0.25, 0.3) is 0 Å². The van der Waals surface area contributed by atoms with Crippen molar-refractivity contribution in [1.82, 2.24) is 9.91 Å². The fourth-order valence-electron chi connectivity index (χ4n) is 3.26. The van der Waals surface area contributed by atoms with Crippen molar-refractivity contribution in [1.29, 1.82) is 0 Å². The third kappa shape index (κ3) is 4.49. The van der Waals surface area contributed by atoms with Gasteiger partial charge in [0.15, 0.2) is 11.8 Å². The zero-order valence-electron chi connectivity index (χ0n) is 14.7. The lowest BCUT2D eigenvalue weighted by Gasteiger charge is -2.28. The number of benzene rings is 1. The molecular formula is C19H29N5. The molecule has 2 heterocycles. The molecule has 0 aliphatic carbocycles. The molecule has 0 unspecified atom stereocenters. The molecule has 0 saturated carbocycles. The Kier molecular flexibility index (Phi) is 5.72. The second kappa shape index (κ2) is 8.18. The molecule has 2 aliphatic rings. The minimum Gasteiger partial charge on any atom is -0.369 e. The normalized spacial score (nSPS) is 20.4. The number of nitrogens with two attached hydrogens (primary N) is 1. The first-order chi connectivity index (χ1) is 11.7. The van der Waals surface area contributed by atoms with E-state index in [1.807, 2.05) is 0 Å². The van der Waals surface area contributed by atoms with Gasteiger partial charge >= 0.3 is 0 Å². The summed E-state index contributed by atoms with van der Waals surface area (Å²) in [6.45, 7) is 6.11. The summed E-state index contributed by atoms with van der Waals surface area (Å²) in [6, 6.07) is 8.39. The zero-order chi connectivity index (χ0) is 16.8. The maximum Gasteiger partial charge on any atom is 0.198 e. The van der Waals surface area contributed by atoms with Gasteiger partial charge in [-0.2, -0.15) is 10.1 Å². The zero-order valence-corrected chi connectivity index (χ0v) is 14.7. The van der Waals surface area contributed by atoms with Gasteiger partial charge in [-0.1, -0.05) is 29.8 Å². The minimum absolute atomic E-state index is 0.603. The molecule has 130 valence electrons. The maximum atomic E-state index is 6.30. The number of nitrogens with zero attached hydrogens (tertiary/aromatic N) is 4. The number of rotatable bonds is 2. The van der Waals surface area contributed by atoms with Crippen LogP contribution in [0.25, 0.3) is 0 Å². The van der Waals surface area contributed by atoms with Crippen LogP contribution in [0.5, 0.6) is 0 Å². The Bertz CT molecular complexity index is 578. The van der Waals surface area contributed by atoms with Crippen molar-refractivity contribution in [2.45, 2.75) is 45.4 Å². The van der Waals surface area contributed by atoms with Crippen molar-refractivity contribution in [3.63, 3.8) is 0 Å². The second-order valence-corrected chi connectivity index (χ2v) is 6.82. The number of guanidine groups is 1. The number of hydrazone groups is 1. The fourth-order valence-corrected chi connectivity index (χ4v) is 3.26. The SMILES string of the molecule is Cc1ccc(/C(N=C(N)N2CCCCC2)=N\N2CCCCC2)cc1. The van der Waals surface area contributed by atoms with E-state index in [1.165, 1.54) is 44.1 Å². The van der Waals surface area contributed by atoms with Gasteiger partial charge in [-0.05, 0) is 45.4 Å². The van der Waals surface area contributed by atoms with Gasteiger partial charge in [-0.25, -0.2) is 0 Å². The highest BCUT2D eigenvalue weighted by atomic mass is 15.5. The van der Waals surface area contributed by atoms with Crippen molar-refractivity contribution in [2.24, 2.45) is 15.8 Å². The quantitative estimate of drug-likeness (QED) is 0.671. The summed E-state index contributed by atoms with van der Waals surface area (Å²) in [5, 5.41) is 6.97. The van der Waals surface area contributed by atoms with Crippen molar-refractivity contribution in [2.75, 3.05) is 26.2 Å². The Labute approximate surface area is 145 Å². The van der Waals surface area contributed by atoms with Gasteiger partial charge in [0.05, 0.1) is 0 Å². The molecule has 0 radical (unpaired) electrons. The standard InChI is InChI=1S/C19H29N5/c1-16-8-10-17(11-9-16)18(22-24-14-6-3-7-15-24)21-19(20)23-12-4-2-5-13-23/h8-11H,2-7,12-15H2,1H3,(H2,20,21,22). The third-order valence-electron chi connectivity index (χ3n) is 4.78. The number of hydrogen-bond donors (Lipinski definition) is 1. The number of amidine groups is 1. The Balaban J connectivity index is 1.85. The van der Waals surface area contributed by atoms with E-state index < -0.39 is 0 Å². The molecule has 5 nitrogen and oxygen atoms in total. The molecular weight excluding hydrogens is 298 g/mol. The predicted molar refractivity (Wildman–Crippen MR) is 100 cm³/mol. The maximum absolute atomic E-state index is 6.30. The number of hydrogen-bond acceptors (Lipinski definition) is 2. The summed E-state index contributed by atoms with van der Waals surface area (Å²) in [7, 11) is 0. The van der Waals surface area contributed by atoms with Crippen LogP contribution in [-0.4, -0.2) is 47.9 Å². The first kappa shape index (κ1) is 16.8. The molecule has 5 heteroatoms. The van der Waals surface area contributed by atoms with E-state index >= 15 is 0 Å². The molecule has 1 aromatic rings. The number of aryl methyl sites for hydroxylation is 1. The summed E-state index contributed by atoms with van der Waals surface area (Å²) < 4.78 is 0. The molecule has 2 N–H and O–H groups in total. The van der Waals surface area contributed by atoms with Gasteiger partial charge in [-0.3, -0.25) is 5.01 Å². The Hall–Kier alpha value is -2.04. The van der Waals surface area contributed by atoms with Crippen LogP contribution >= 0.6 is 0 Å². The Morgan fingerprint density at radius 1 is 0.875 bits per heavy atom. The molecule has 0 aromatic heterocycles. The van der Waals surface area contributed by atoms with Crippen LogP contribution in [0.15, 0.2) is 34.4 Å². The van der Waals surface area contributed by atoms with E-state index in [4.69, 9.17) is 15.8 Å². The number of likely N-dealkylation sites (tertiary alicyclic amines) is 1. The monoisotopic (exact) mass is 327 g/mol. The lowest BCUT2D eigenvalue weighted by atomic mass is 10.1. The Morgan fingerprint density at radius 3 is 2.08 bits per heavy atom. The minimum atomic E-state index is 0.603. The van der Waals surface area contributed by atoms with E-state index in [9.17, 15) is 0 Å².